The Kier molecular flexibility index (Phi) is 4.98. The number of amides is 2. The standard InChI is InChI=1S/C21H20F2N2O3/c22-16-4-1-13(2-5-16)18-7-3-14(9-19(18)23)15-10-25(11-15)20(26)8-6-17-12-28-21(27)24-17/h1-5,7,9,15,17H,6,8,10-12H2,(H,24,27). The Labute approximate surface area is 161 Å². The maximum absolute atomic E-state index is 14.5. The highest BCUT2D eigenvalue weighted by Gasteiger charge is 2.32. The lowest BCUT2D eigenvalue weighted by molar-refractivity contribution is -0.135. The van der Waals surface area contributed by atoms with Gasteiger partial charge in [0.25, 0.3) is 0 Å². The van der Waals surface area contributed by atoms with Gasteiger partial charge in [-0.1, -0.05) is 24.3 Å². The SMILES string of the molecule is O=C1NC(CCC(=O)N2CC(c3ccc(-c4ccc(F)cc4)c(F)c3)C2)CO1. The topological polar surface area (TPSA) is 58.6 Å². The van der Waals surface area contributed by atoms with Gasteiger partial charge in [0.2, 0.25) is 5.91 Å². The van der Waals surface area contributed by atoms with E-state index in [-0.39, 0.29) is 29.5 Å². The quantitative estimate of drug-likeness (QED) is 0.856. The molecule has 2 fully saturated rings. The molecule has 7 heteroatoms. The normalized spacial score (nSPS) is 19.1. The van der Waals surface area contributed by atoms with Crippen LogP contribution in [0, 0.1) is 11.6 Å². The number of alkyl carbamates (subject to hydrolysis) is 1. The van der Waals surface area contributed by atoms with E-state index in [0.29, 0.717) is 43.7 Å². The summed E-state index contributed by atoms with van der Waals surface area (Å²) >= 11 is 0. The highest BCUT2D eigenvalue weighted by Crippen LogP contribution is 2.31. The van der Waals surface area contributed by atoms with Crippen molar-refractivity contribution in [1.82, 2.24) is 10.2 Å². The van der Waals surface area contributed by atoms with E-state index >= 15 is 0 Å². The Morgan fingerprint density at radius 3 is 2.54 bits per heavy atom. The Balaban J connectivity index is 1.31. The summed E-state index contributed by atoms with van der Waals surface area (Å²) in [4.78, 5) is 25.0. The third kappa shape index (κ3) is 3.83. The largest absolute Gasteiger partial charge is 0.447 e. The molecule has 4 rings (SSSR count). The zero-order chi connectivity index (χ0) is 19.7. The number of hydrogen-bond acceptors (Lipinski definition) is 3. The molecule has 2 heterocycles. The molecule has 1 N–H and O–H groups in total. The van der Waals surface area contributed by atoms with Gasteiger partial charge in [-0.2, -0.15) is 0 Å². The first kappa shape index (κ1) is 18.4. The van der Waals surface area contributed by atoms with Crippen LogP contribution in [0.2, 0.25) is 0 Å². The Morgan fingerprint density at radius 1 is 1.14 bits per heavy atom. The van der Waals surface area contributed by atoms with Crippen molar-refractivity contribution in [3.8, 4) is 11.1 Å². The van der Waals surface area contributed by atoms with Crippen LogP contribution in [0.3, 0.4) is 0 Å². The van der Waals surface area contributed by atoms with E-state index in [1.165, 1.54) is 18.2 Å². The van der Waals surface area contributed by atoms with Gasteiger partial charge in [-0.3, -0.25) is 4.79 Å². The fourth-order valence-electron chi connectivity index (χ4n) is 3.58. The van der Waals surface area contributed by atoms with Crippen molar-refractivity contribution >= 4 is 12.0 Å². The van der Waals surface area contributed by atoms with Gasteiger partial charge >= 0.3 is 6.09 Å². The van der Waals surface area contributed by atoms with E-state index in [2.05, 4.69) is 5.32 Å². The number of likely N-dealkylation sites (tertiary alicyclic amines) is 1. The zero-order valence-electron chi connectivity index (χ0n) is 15.2. The van der Waals surface area contributed by atoms with Gasteiger partial charge in [0.1, 0.15) is 18.2 Å². The minimum Gasteiger partial charge on any atom is -0.447 e. The summed E-state index contributed by atoms with van der Waals surface area (Å²) in [5.74, 6) is -0.579. The lowest BCUT2D eigenvalue weighted by Crippen LogP contribution is -2.48. The lowest BCUT2D eigenvalue weighted by atomic mass is 9.89. The summed E-state index contributed by atoms with van der Waals surface area (Å²) in [6.07, 6.45) is 0.457. The number of carbonyl (C=O) groups excluding carboxylic acids is 2. The summed E-state index contributed by atoms with van der Waals surface area (Å²) in [6.45, 7) is 1.41. The first-order valence-electron chi connectivity index (χ1n) is 9.26. The summed E-state index contributed by atoms with van der Waals surface area (Å²) in [5, 5.41) is 2.65. The van der Waals surface area contributed by atoms with Crippen molar-refractivity contribution in [3.63, 3.8) is 0 Å². The number of halogens is 2. The van der Waals surface area contributed by atoms with Gasteiger partial charge in [0.05, 0.1) is 6.04 Å². The van der Waals surface area contributed by atoms with Gasteiger partial charge < -0.3 is 15.0 Å². The van der Waals surface area contributed by atoms with Gasteiger partial charge in [0.15, 0.2) is 0 Å². The van der Waals surface area contributed by atoms with Crippen LogP contribution in [0.5, 0.6) is 0 Å². The van der Waals surface area contributed by atoms with Crippen molar-refractivity contribution in [2.75, 3.05) is 19.7 Å². The van der Waals surface area contributed by atoms with Crippen LogP contribution in [0.25, 0.3) is 11.1 Å². The fourth-order valence-corrected chi connectivity index (χ4v) is 3.58. The number of nitrogens with zero attached hydrogens (tertiary/aromatic N) is 1. The van der Waals surface area contributed by atoms with E-state index in [4.69, 9.17) is 4.74 Å². The van der Waals surface area contributed by atoms with E-state index in [9.17, 15) is 18.4 Å². The van der Waals surface area contributed by atoms with E-state index in [0.717, 1.165) is 5.56 Å². The Morgan fingerprint density at radius 2 is 1.89 bits per heavy atom. The molecule has 0 aromatic heterocycles. The highest BCUT2D eigenvalue weighted by molar-refractivity contribution is 5.77. The fraction of sp³-hybridized carbons (Fsp3) is 0.333. The summed E-state index contributed by atoms with van der Waals surface area (Å²) in [6, 6.07) is 10.7. The van der Waals surface area contributed by atoms with Crippen LogP contribution >= 0.6 is 0 Å². The van der Waals surface area contributed by atoms with Crippen LogP contribution in [-0.2, 0) is 9.53 Å². The van der Waals surface area contributed by atoms with Crippen molar-refractivity contribution in [2.24, 2.45) is 0 Å². The van der Waals surface area contributed by atoms with Crippen molar-refractivity contribution < 1.29 is 23.1 Å². The third-order valence-electron chi connectivity index (χ3n) is 5.30. The first-order chi connectivity index (χ1) is 13.5. The van der Waals surface area contributed by atoms with Gasteiger partial charge in [0, 0.05) is 31.0 Å². The third-order valence-corrected chi connectivity index (χ3v) is 5.30. The number of benzene rings is 2. The minimum absolute atomic E-state index is 0.0285. The average Bonchev–Trinajstić information content (AvgIpc) is 3.05. The average molecular weight is 386 g/mol. The molecule has 28 heavy (non-hydrogen) atoms. The van der Waals surface area contributed by atoms with E-state index < -0.39 is 6.09 Å². The van der Waals surface area contributed by atoms with Crippen molar-refractivity contribution in [2.45, 2.75) is 24.8 Å². The molecular formula is C21H20F2N2O3. The van der Waals surface area contributed by atoms with Crippen LogP contribution in [0.1, 0.15) is 24.3 Å². The molecule has 0 aliphatic carbocycles. The second kappa shape index (κ2) is 7.58. The molecular weight excluding hydrogens is 366 g/mol. The second-order valence-corrected chi connectivity index (χ2v) is 7.22. The maximum atomic E-state index is 14.5. The predicted octanol–water partition coefficient (Wildman–Crippen LogP) is 3.45. The van der Waals surface area contributed by atoms with Crippen molar-refractivity contribution in [1.29, 1.82) is 0 Å². The molecule has 0 bridgehead atoms. The molecule has 2 aliphatic heterocycles. The summed E-state index contributed by atoms with van der Waals surface area (Å²) in [5.41, 5.74) is 1.90. The molecule has 2 aromatic carbocycles. The number of hydrogen-bond donors (Lipinski definition) is 1. The molecule has 2 aliphatic rings. The van der Waals surface area contributed by atoms with Crippen LogP contribution in [0.4, 0.5) is 13.6 Å². The smallest absolute Gasteiger partial charge is 0.407 e. The lowest BCUT2D eigenvalue weighted by Gasteiger charge is -2.40. The van der Waals surface area contributed by atoms with E-state index in [1.54, 1.807) is 23.1 Å². The Bertz CT molecular complexity index is 895. The molecule has 1 unspecified atom stereocenters. The summed E-state index contributed by atoms with van der Waals surface area (Å²) in [7, 11) is 0. The van der Waals surface area contributed by atoms with Crippen LogP contribution in [0.15, 0.2) is 42.5 Å². The number of carbonyl (C=O) groups is 2. The number of ether oxygens (including phenoxy) is 1. The summed E-state index contributed by atoms with van der Waals surface area (Å²) < 4.78 is 32.4. The van der Waals surface area contributed by atoms with E-state index in [1.807, 2.05) is 6.07 Å². The molecule has 2 amide bonds. The first-order valence-corrected chi connectivity index (χ1v) is 9.26. The number of nitrogens with one attached hydrogen (secondary N) is 1. The molecule has 2 saturated heterocycles. The molecule has 1 atom stereocenters. The maximum Gasteiger partial charge on any atom is 0.407 e. The number of rotatable bonds is 5. The van der Waals surface area contributed by atoms with Gasteiger partial charge in [-0.25, -0.2) is 13.6 Å². The predicted molar refractivity (Wildman–Crippen MR) is 98.6 cm³/mol. The molecule has 0 saturated carbocycles. The molecule has 146 valence electrons. The molecule has 0 spiro atoms. The van der Waals surface area contributed by atoms with Crippen LogP contribution < -0.4 is 5.32 Å². The molecule has 2 aromatic rings. The minimum atomic E-state index is -0.437. The number of cyclic esters (lactones) is 1. The molecule has 0 radical (unpaired) electrons. The second-order valence-electron chi connectivity index (χ2n) is 7.22. The monoisotopic (exact) mass is 386 g/mol. The molecule has 5 nitrogen and oxygen atoms in total. The Hall–Kier alpha value is -2.96. The zero-order valence-corrected chi connectivity index (χ0v) is 15.2. The highest BCUT2D eigenvalue weighted by atomic mass is 19.1. The van der Waals surface area contributed by atoms with Crippen molar-refractivity contribution in [3.05, 3.63) is 59.7 Å². The van der Waals surface area contributed by atoms with Gasteiger partial charge in [-0.15, -0.1) is 0 Å². The van der Waals surface area contributed by atoms with Gasteiger partial charge in [-0.05, 0) is 35.7 Å². The van der Waals surface area contributed by atoms with Crippen LogP contribution in [-0.4, -0.2) is 42.6 Å².